The van der Waals surface area contributed by atoms with E-state index in [4.69, 9.17) is 0 Å². The molecule has 0 saturated carbocycles. The third-order valence-electron chi connectivity index (χ3n) is 4.59. The largest absolute Gasteiger partial charge is 0.338 e. The summed E-state index contributed by atoms with van der Waals surface area (Å²) in [5.41, 5.74) is 0. The first-order valence-corrected chi connectivity index (χ1v) is 7.99. The Morgan fingerprint density at radius 2 is 2.00 bits per heavy atom. The van der Waals surface area contributed by atoms with Gasteiger partial charge in [-0.25, -0.2) is 0 Å². The zero-order valence-corrected chi connectivity index (χ0v) is 12.5. The second-order valence-corrected chi connectivity index (χ2v) is 5.93. The number of rotatable bonds is 4. The number of carbonyl (C=O) groups is 1. The molecule has 2 atom stereocenters. The van der Waals surface area contributed by atoms with Gasteiger partial charge in [0.25, 0.3) is 0 Å². The monoisotopic (exact) mass is 267 g/mol. The van der Waals surface area contributed by atoms with Crippen molar-refractivity contribution in [2.75, 3.05) is 32.7 Å². The van der Waals surface area contributed by atoms with Crippen LogP contribution in [0.3, 0.4) is 0 Å². The molecule has 0 spiro atoms. The van der Waals surface area contributed by atoms with Crippen molar-refractivity contribution in [2.24, 2.45) is 0 Å². The molecule has 19 heavy (non-hydrogen) atoms. The van der Waals surface area contributed by atoms with Crippen molar-refractivity contribution in [3.8, 4) is 0 Å². The van der Waals surface area contributed by atoms with Crippen molar-refractivity contribution in [3.05, 3.63) is 0 Å². The van der Waals surface area contributed by atoms with E-state index in [1.54, 1.807) is 0 Å². The van der Waals surface area contributed by atoms with Crippen molar-refractivity contribution < 1.29 is 4.79 Å². The summed E-state index contributed by atoms with van der Waals surface area (Å²) < 4.78 is 0. The van der Waals surface area contributed by atoms with Gasteiger partial charge < -0.3 is 10.2 Å². The van der Waals surface area contributed by atoms with Gasteiger partial charge in [-0.15, -0.1) is 0 Å². The predicted octanol–water partition coefficient (Wildman–Crippen LogP) is 1.46. The van der Waals surface area contributed by atoms with Crippen LogP contribution in [-0.4, -0.2) is 60.5 Å². The highest BCUT2D eigenvalue weighted by atomic mass is 16.2. The second-order valence-electron chi connectivity index (χ2n) is 5.93. The van der Waals surface area contributed by atoms with Crippen LogP contribution in [0.1, 0.15) is 46.0 Å². The van der Waals surface area contributed by atoms with E-state index in [1.165, 1.54) is 32.1 Å². The smallest absolute Gasteiger partial charge is 0.239 e. The highest BCUT2D eigenvalue weighted by molar-refractivity contribution is 5.82. The second kappa shape index (κ2) is 7.25. The minimum Gasteiger partial charge on any atom is -0.338 e. The highest BCUT2D eigenvalue weighted by Crippen LogP contribution is 2.22. The van der Waals surface area contributed by atoms with Gasteiger partial charge in [-0.1, -0.05) is 13.3 Å². The molecular formula is C15H29N3O. The van der Waals surface area contributed by atoms with Crippen LogP contribution in [0.5, 0.6) is 0 Å². The molecule has 0 radical (unpaired) electrons. The molecule has 2 aliphatic rings. The molecule has 1 N–H and O–H groups in total. The molecule has 0 aliphatic carbocycles. The summed E-state index contributed by atoms with van der Waals surface area (Å²) in [5.74, 6) is 0.361. The van der Waals surface area contributed by atoms with E-state index >= 15 is 0 Å². The molecule has 4 nitrogen and oxygen atoms in total. The number of hydrogen-bond donors (Lipinski definition) is 1. The van der Waals surface area contributed by atoms with E-state index in [9.17, 15) is 4.79 Å². The Kier molecular flexibility index (Phi) is 5.64. The van der Waals surface area contributed by atoms with Gasteiger partial charge >= 0.3 is 0 Å². The van der Waals surface area contributed by atoms with Gasteiger partial charge in [-0.05, 0) is 32.6 Å². The fourth-order valence-electron chi connectivity index (χ4n) is 3.39. The number of likely N-dealkylation sites (tertiary alicyclic amines) is 1. The molecular weight excluding hydrogens is 238 g/mol. The summed E-state index contributed by atoms with van der Waals surface area (Å²) in [5, 5.41) is 3.35. The number of amides is 1. The van der Waals surface area contributed by atoms with Crippen LogP contribution in [0.25, 0.3) is 0 Å². The Bertz CT molecular complexity index is 287. The van der Waals surface area contributed by atoms with E-state index in [1.807, 2.05) is 0 Å². The number of carbonyl (C=O) groups excluding carboxylic acids is 1. The van der Waals surface area contributed by atoms with E-state index in [-0.39, 0.29) is 6.04 Å². The van der Waals surface area contributed by atoms with Crippen LogP contribution in [-0.2, 0) is 4.79 Å². The molecule has 2 unspecified atom stereocenters. The number of nitrogens with zero attached hydrogens (tertiary/aromatic N) is 2. The lowest BCUT2D eigenvalue weighted by Crippen LogP contribution is -2.56. The summed E-state index contributed by atoms with van der Waals surface area (Å²) in [7, 11) is 0. The zero-order chi connectivity index (χ0) is 13.7. The minimum absolute atomic E-state index is 0.0551. The average molecular weight is 267 g/mol. The quantitative estimate of drug-likeness (QED) is 0.837. The maximum atomic E-state index is 12.7. The van der Waals surface area contributed by atoms with Gasteiger partial charge in [-0.3, -0.25) is 9.69 Å². The van der Waals surface area contributed by atoms with E-state index in [0.717, 1.165) is 32.7 Å². The zero-order valence-electron chi connectivity index (χ0n) is 12.5. The van der Waals surface area contributed by atoms with Gasteiger partial charge in [0.2, 0.25) is 5.91 Å². The molecule has 0 bridgehead atoms. The van der Waals surface area contributed by atoms with Crippen molar-refractivity contribution >= 4 is 5.91 Å². The highest BCUT2D eigenvalue weighted by Gasteiger charge is 2.31. The summed E-state index contributed by atoms with van der Waals surface area (Å²) in [6, 6.07) is 0.552. The van der Waals surface area contributed by atoms with Crippen LogP contribution >= 0.6 is 0 Å². The van der Waals surface area contributed by atoms with Crippen molar-refractivity contribution in [1.82, 2.24) is 15.1 Å². The lowest BCUT2D eigenvalue weighted by atomic mass is 9.97. The van der Waals surface area contributed by atoms with Crippen molar-refractivity contribution in [1.29, 1.82) is 0 Å². The lowest BCUT2D eigenvalue weighted by Gasteiger charge is -2.40. The standard InChI is InChI=1S/C15H29N3O/c1-3-6-14-7-4-5-10-18(14)15(19)13(2)17-11-8-16-9-12-17/h13-14,16H,3-12H2,1-2H3. The van der Waals surface area contributed by atoms with Gasteiger partial charge in [-0.2, -0.15) is 0 Å². The van der Waals surface area contributed by atoms with Crippen LogP contribution in [0.15, 0.2) is 0 Å². The van der Waals surface area contributed by atoms with Crippen LogP contribution in [0.2, 0.25) is 0 Å². The number of hydrogen-bond acceptors (Lipinski definition) is 3. The maximum absolute atomic E-state index is 12.7. The van der Waals surface area contributed by atoms with E-state index in [2.05, 4.69) is 29.0 Å². The summed E-state index contributed by atoms with van der Waals surface area (Å²) in [6.07, 6.45) is 6.01. The van der Waals surface area contributed by atoms with E-state index in [0.29, 0.717) is 11.9 Å². The first-order valence-electron chi connectivity index (χ1n) is 7.99. The first kappa shape index (κ1) is 14.8. The van der Waals surface area contributed by atoms with E-state index < -0.39 is 0 Å². The van der Waals surface area contributed by atoms with Crippen LogP contribution in [0.4, 0.5) is 0 Å². The molecule has 110 valence electrons. The predicted molar refractivity (Wildman–Crippen MR) is 78.2 cm³/mol. The molecule has 0 aromatic heterocycles. The Hall–Kier alpha value is -0.610. The van der Waals surface area contributed by atoms with Gasteiger partial charge in [0.1, 0.15) is 0 Å². The molecule has 0 aromatic carbocycles. The average Bonchev–Trinajstić information content (AvgIpc) is 2.47. The minimum atomic E-state index is 0.0551. The Labute approximate surface area is 117 Å². The molecule has 2 rings (SSSR count). The third-order valence-corrected chi connectivity index (χ3v) is 4.59. The third kappa shape index (κ3) is 3.69. The molecule has 4 heteroatoms. The number of piperidine rings is 1. The molecule has 0 aromatic rings. The Morgan fingerprint density at radius 3 is 2.68 bits per heavy atom. The number of piperazine rings is 1. The maximum Gasteiger partial charge on any atom is 0.239 e. The summed E-state index contributed by atoms with van der Waals surface area (Å²) >= 11 is 0. The fraction of sp³-hybridized carbons (Fsp3) is 0.933. The lowest BCUT2D eigenvalue weighted by molar-refractivity contribution is -0.140. The molecule has 1 amide bonds. The number of nitrogens with one attached hydrogen (secondary N) is 1. The molecule has 2 heterocycles. The fourth-order valence-corrected chi connectivity index (χ4v) is 3.39. The van der Waals surface area contributed by atoms with Gasteiger partial charge in [0, 0.05) is 38.8 Å². The van der Waals surface area contributed by atoms with Crippen molar-refractivity contribution in [2.45, 2.75) is 58.0 Å². The topological polar surface area (TPSA) is 35.6 Å². The van der Waals surface area contributed by atoms with Crippen LogP contribution < -0.4 is 5.32 Å². The normalized spacial score (nSPS) is 27.3. The van der Waals surface area contributed by atoms with Crippen molar-refractivity contribution in [3.63, 3.8) is 0 Å². The summed E-state index contributed by atoms with van der Waals surface area (Å²) in [6.45, 7) is 9.30. The summed E-state index contributed by atoms with van der Waals surface area (Å²) in [4.78, 5) is 17.3. The Morgan fingerprint density at radius 1 is 1.26 bits per heavy atom. The first-order chi connectivity index (χ1) is 9.24. The van der Waals surface area contributed by atoms with Crippen LogP contribution in [0, 0.1) is 0 Å². The van der Waals surface area contributed by atoms with Gasteiger partial charge in [0.05, 0.1) is 6.04 Å². The molecule has 2 fully saturated rings. The Balaban J connectivity index is 1.95. The molecule has 2 aliphatic heterocycles. The molecule has 2 saturated heterocycles. The SMILES string of the molecule is CCCC1CCCCN1C(=O)C(C)N1CCNCC1. The van der Waals surface area contributed by atoms with Gasteiger partial charge in [0.15, 0.2) is 0 Å².